The van der Waals surface area contributed by atoms with Crippen LogP contribution in [0.3, 0.4) is 0 Å². The fourth-order valence-electron chi connectivity index (χ4n) is 4.12. The summed E-state index contributed by atoms with van der Waals surface area (Å²) in [5.74, 6) is 2.21. The van der Waals surface area contributed by atoms with Crippen LogP contribution >= 0.6 is 0 Å². The molecule has 1 N–H and O–H groups in total. The van der Waals surface area contributed by atoms with Gasteiger partial charge in [0.1, 0.15) is 0 Å². The summed E-state index contributed by atoms with van der Waals surface area (Å²) >= 11 is 0. The van der Waals surface area contributed by atoms with Crippen molar-refractivity contribution in [3.05, 3.63) is 23.8 Å². The van der Waals surface area contributed by atoms with E-state index in [1.165, 1.54) is 30.5 Å². The fraction of sp³-hybridized carbons (Fsp3) is 0.611. The van der Waals surface area contributed by atoms with Crippen LogP contribution in [-0.2, 0) is 4.79 Å². The zero-order chi connectivity index (χ0) is 14.4. The van der Waals surface area contributed by atoms with Gasteiger partial charge in [0, 0.05) is 30.4 Å². The lowest BCUT2D eigenvalue weighted by molar-refractivity contribution is -0.120. The standard InChI is InChI=1S/C18H24N2O/c1-12-8-16(20-6-2-3-7-20)4-5-17(12)19-18(21)15-10-13-9-14(13)11-15/h4-5,8,13-15H,2-3,6-7,9-11H2,1H3,(H,19,21). The van der Waals surface area contributed by atoms with Crippen LogP contribution in [0.5, 0.6) is 0 Å². The molecule has 3 aliphatic rings. The van der Waals surface area contributed by atoms with Gasteiger partial charge >= 0.3 is 0 Å². The van der Waals surface area contributed by atoms with Crippen molar-refractivity contribution in [1.82, 2.24) is 0 Å². The Labute approximate surface area is 126 Å². The average molecular weight is 284 g/mol. The van der Waals surface area contributed by atoms with Crippen molar-refractivity contribution in [2.45, 2.75) is 39.0 Å². The topological polar surface area (TPSA) is 32.3 Å². The number of rotatable bonds is 3. The smallest absolute Gasteiger partial charge is 0.227 e. The monoisotopic (exact) mass is 284 g/mol. The Morgan fingerprint density at radius 2 is 1.86 bits per heavy atom. The maximum atomic E-state index is 12.4. The van der Waals surface area contributed by atoms with E-state index < -0.39 is 0 Å². The molecule has 1 saturated heterocycles. The Kier molecular flexibility index (Phi) is 3.16. The van der Waals surface area contributed by atoms with Gasteiger partial charge in [-0.3, -0.25) is 4.79 Å². The zero-order valence-corrected chi connectivity index (χ0v) is 12.8. The molecule has 2 unspecified atom stereocenters. The predicted octanol–water partition coefficient (Wildman–Crippen LogP) is 3.58. The first-order valence-electron chi connectivity index (χ1n) is 8.37. The van der Waals surface area contributed by atoms with Gasteiger partial charge in [0.05, 0.1) is 0 Å². The molecule has 1 aromatic rings. The molecule has 1 heterocycles. The molecule has 3 heteroatoms. The maximum absolute atomic E-state index is 12.4. The van der Waals surface area contributed by atoms with Gasteiger partial charge in [-0.1, -0.05) is 0 Å². The Bertz CT molecular complexity index is 552. The third-order valence-electron chi connectivity index (χ3n) is 5.55. The minimum absolute atomic E-state index is 0.235. The zero-order valence-electron chi connectivity index (χ0n) is 12.8. The van der Waals surface area contributed by atoms with E-state index in [1.807, 2.05) is 0 Å². The highest BCUT2D eigenvalue weighted by atomic mass is 16.1. The van der Waals surface area contributed by atoms with E-state index in [1.54, 1.807) is 0 Å². The summed E-state index contributed by atoms with van der Waals surface area (Å²) in [7, 11) is 0. The van der Waals surface area contributed by atoms with Crippen LogP contribution in [0.1, 0.15) is 37.7 Å². The van der Waals surface area contributed by atoms with Crippen LogP contribution < -0.4 is 10.2 Å². The summed E-state index contributed by atoms with van der Waals surface area (Å²) in [5.41, 5.74) is 3.46. The lowest BCUT2D eigenvalue weighted by atomic mass is 10.0. The Morgan fingerprint density at radius 3 is 2.52 bits per heavy atom. The van der Waals surface area contributed by atoms with Gasteiger partial charge in [0.2, 0.25) is 5.91 Å². The molecule has 2 saturated carbocycles. The first kappa shape index (κ1) is 13.2. The van der Waals surface area contributed by atoms with Crippen molar-refractivity contribution >= 4 is 17.3 Å². The van der Waals surface area contributed by atoms with Crippen LogP contribution in [0, 0.1) is 24.7 Å². The van der Waals surface area contributed by atoms with Crippen LogP contribution in [0.2, 0.25) is 0 Å². The van der Waals surface area contributed by atoms with E-state index in [4.69, 9.17) is 0 Å². The quantitative estimate of drug-likeness (QED) is 0.920. The maximum Gasteiger partial charge on any atom is 0.227 e. The fourth-order valence-corrected chi connectivity index (χ4v) is 4.12. The molecule has 1 aliphatic heterocycles. The van der Waals surface area contributed by atoms with Crippen molar-refractivity contribution in [2.75, 3.05) is 23.3 Å². The number of benzene rings is 1. The molecule has 21 heavy (non-hydrogen) atoms. The van der Waals surface area contributed by atoms with Crippen LogP contribution in [0.15, 0.2) is 18.2 Å². The molecule has 1 amide bonds. The number of fused-ring (bicyclic) bond motifs is 1. The SMILES string of the molecule is Cc1cc(N2CCCC2)ccc1NC(=O)C1CC2CC2C1. The molecule has 0 aromatic heterocycles. The van der Waals surface area contributed by atoms with Gasteiger partial charge in [0.25, 0.3) is 0 Å². The molecule has 3 nitrogen and oxygen atoms in total. The number of hydrogen-bond acceptors (Lipinski definition) is 2. The van der Waals surface area contributed by atoms with E-state index in [0.29, 0.717) is 0 Å². The Hall–Kier alpha value is -1.51. The molecule has 1 aromatic carbocycles. The Balaban J connectivity index is 1.43. The molecule has 0 bridgehead atoms. The summed E-state index contributed by atoms with van der Waals surface area (Å²) in [6.45, 7) is 4.42. The average Bonchev–Trinajstić information content (AvgIpc) is 2.94. The largest absolute Gasteiger partial charge is 0.372 e. The number of aryl methyl sites for hydroxylation is 1. The second kappa shape index (κ2) is 5.04. The molecular formula is C18H24N2O. The van der Waals surface area contributed by atoms with Crippen LogP contribution in [0.25, 0.3) is 0 Å². The number of nitrogens with one attached hydrogen (secondary N) is 1. The summed E-state index contributed by atoms with van der Waals surface area (Å²) in [6.07, 6.45) is 6.18. The number of carbonyl (C=O) groups is 1. The second-order valence-corrected chi connectivity index (χ2v) is 7.11. The normalized spacial score (nSPS) is 30.3. The number of anilines is 2. The van der Waals surface area contributed by atoms with E-state index in [0.717, 1.165) is 43.5 Å². The van der Waals surface area contributed by atoms with Crippen molar-refractivity contribution in [3.63, 3.8) is 0 Å². The number of carbonyl (C=O) groups excluding carboxylic acids is 1. The third-order valence-corrected chi connectivity index (χ3v) is 5.55. The van der Waals surface area contributed by atoms with Crippen LogP contribution in [0.4, 0.5) is 11.4 Å². The minimum Gasteiger partial charge on any atom is -0.372 e. The lowest BCUT2D eigenvalue weighted by Crippen LogP contribution is -2.22. The molecular weight excluding hydrogens is 260 g/mol. The molecule has 3 fully saturated rings. The predicted molar refractivity (Wildman–Crippen MR) is 85.6 cm³/mol. The van der Waals surface area contributed by atoms with Gasteiger partial charge < -0.3 is 10.2 Å². The van der Waals surface area contributed by atoms with Gasteiger partial charge in [-0.15, -0.1) is 0 Å². The van der Waals surface area contributed by atoms with Gasteiger partial charge in [-0.25, -0.2) is 0 Å². The summed E-state index contributed by atoms with van der Waals surface area (Å²) in [4.78, 5) is 14.8. The van der Waals surface area contributed by atoms with Crippen LogP contribution in [-0.4, -0.2) is 19.0 Å². The van der Waals surface area contributed by atoms with Gasteiger partial charge in [-0.2, -0.15) is 0 Å². The molecule has 0 radical (unpaired) electrons. The molecule has 112 valence electrons. The molecule has 4 rings (SSSR count). The summed E-state index contributed by atoms with van der Waals surface area (Å²) < 4.78 is 0. The molecule has 2 atom stereocenters. The number of amides is 1. The highest BCUT2D eigenvalue weighted by Gasteiger charge is 2.47. The second-order valence-electron chi connectivity index (χ2n) is 7.11. The highest BCUT2D eigenvalue weighted by Crippen LogP contribution is 2.54. The van der Waals surface area contributed by atoms with E-state index in [2.05, 4.69) is 35.3 Å². The van der Waals surface area contributed by atoms with E-state index in [9.17, 15) is 4.79 Å². The molecule has 0 spiro atoms. The van der Waals surface area contributed by atoms with Crippen molar-refractivity contribution in [2.24, 2.45) is 17.8 Å². The summed E-state index contributed by atoms with van der Waals surface area (Å²) in [6, 6.07) is 6.45. The van der Waals surface area contributed by atoms with Crippen molar-refractivity contribution < 1.29 is 4.79 Å². The number of nitrogens with zero attached hydrogens (tertiary/aromatic N) is 1. The van der Waals surface area contributed by atoms with E-state index >= 15 is 0 Å². The van der Waals surface area contributed by atoms with Crippen molar-refractivity contribution in [1.29, 1.82) is 0 Å². The number of hydrogen-bond donors (Lipinski definition) is 1. The van der Waals surface area contributed by atoms with Gasteiger partial charge in [-0.05, 0) is 74.6 Å². The molecule has 2 aliphatic carbocycles. The lowest BCUT2D eigenvalue weighted by Gasteiger charge is -2.20. The highest BCUT2D eigenvalue weighted by molar-refractivity contribution is 5.93. The Morgan fingerprint density at radius 1 is 1.14 bits per heavy atom. The van der Waals surface area contributed by atoms with E-state index in [-0.39, 0.29) is 11.8 Å². The third kappa shape index (κ3) is 2.54. The summed E-state index contributed by atoms with van der Waals surface area (Å²) in [5, 5.41) is 3.15. The van der Waals surface area contributed by atoms with Crippen molar-refractivity contribution in [3.8, 4) is 0 Å². The first-order chi connectivity index (χ1) is 10.2. The van der Waals surface area contributed by atoms with Gasteiger partial charge in [0.15, 0.2) is 0 Å². The minimum atomic E-state index is 0.235. The first-order valence-corrected chi connectivity index (χ1v) is 8.37.